The minimum absolute atomic E-state index is 0.0133. The largest absolute Gasteiger partial charge is 0.497 e. The van der Waals surface area contributed by atoms with E-state index in [0.29, 0.717) is 60.2 Å². The van der Waals surface area contributed by atoms with Crippen molar-refractivity contribution in [2.45, 2.75) is 94.6 Å². The predicted molar refractivity (Wildman–Crippen MR) is 227 cm³/mol. The maximum atomic E-state index is 15.0. The second-order valence-electron chi connectivity index (χ2n) is 16.7. The first-order valence-corrected chi connectivity index (χ1v) is 24.5. The Balaban J connectivity index is 1.12. The van der Waals surface area contributed by atoms with Crippen LogP contribution in [0.2, 0.25) is 0 Å². The normalized spacial score (nSPS) is 26.0. The molecule has 5 atom stereocenters. The Labute approximate surface area is 353 Å². The number of fused-ring (bicyclic) bond motifs is 3. The van der Waals surface area contributed by atoms with E-state index in [4.69, 9.17) is 14.5 Å². The first-order valence-electron chi connectivity index (χ1n) is 21.4. The summed E-state index contributed by atoms with van der Waals surface area (Å²) < 4.78 is 68.1. The Morgan fingerprint density at radius 1 is 0.883 bits per heavy atom. The molecule has 0 N–H and O–H groups in total. The minimum Gasteiger partial charge on any atom is -0.497 e. The molecule has 8 rings (SSSR count). The number of ether oxygens (including phenoxy) is 2. The van der Waals surface area contributed by atoms with Crippen LogP contribution in [-0.2, 0) is 34.4 Å². The summed E-state index contributed by atoms with van der Waals surface area (Å²) in [6.07, 6.45) is 8.50. The van der Waals surface area contributed by atoms with Crippen LogP contribution in [0.5, 0.6) is 11.5 Å². The summed E-state index contributed by atoms with van der Waals surface area (Å²) in [5.41, 5.74) is 2.16. The number of hydrogen-bond acceptors (Lipinski definition) is 10. The molecule has 4 heterocycles. The molecular formula is C44H55N5O9S2. The highest BCUT2D eigenvalue weighted by Gasteiger charge is 2.56. The van der Waals surface area contributed by atoms with Crippen molar-refractivity contribution in [1.29, 1.82) is 0 Å². The van der Waals surface area contributed by atoms with E-state index >= 15 is 4.79 Å². The third-order valence-corrected chi connectivity index (χ3v) is 16.8. The molecule has 2 aliphatic carbocycles. The van der Waals surface area contributed by atoms with Crippen molar-refractivity contribution in [2.75, 3.05) is 45.6 Å². The number of allylic oxidation sites excluding steroid dienone is 1. The highest BCUT2D eigenvalue weighted by molar-refractivity contribution is 7.90. The number of piperazine rings is 1. The maximum absolute atomic E-state index is 15.0. The summed E-state index contributed by atoms with van der Waals surface area (Å²) in [5.74, 6) is -1.00. The zero-order valence-corrected chi connectivity index (χ0v) is 36.0. The van der Waals surface area contributed by atoms with E-state index in [1.54, 1.807) is 18.9 Å². The Morgan fingerprint density at radius 2 is 1.65 bits per heavy atom. The maximum Gasteiger partial charge on any atom is 0.259 e. The number of carbonyl (C=O) groups is 3. The van der Waals surface area contributed by atoms with Crippen LogP contribution in [0.4, 0.5) is 0 Å². The van der Waals surface area contributed by atoms with Gasteiger partial charge in [0.15, 0.2) is 0 Å². The lowest BCUT2D eigenvalue weighted by molar-refractivity contribution is -0.146. The van der Waals surface area contributed by atoms with Crippen LogP contribution in [0.15, 0.2) is 66.7 Å². The molecule has 3 amide bonds. The van der Waals surface area contributed by atoms with Gasteiger partial charge in [0.1, 0.15) is 23.6 Å². The van der Waals surface area contributed by atoms with Gasteiger partial charge in [-0.05, 0) is 57.6 Å². The lowest BCUT2D eigenvalue weighted by Gasteiger charge is -2.35. The van der Waals surface area contributed by atoms with Crippen molar-refractivity contribution in [1.82, 2.24) is 23.4 Å². The van der Waals surface area contributed by atoms with Crippen molar-refractivity contribution in [3.05, 3.63) is 66.7 Å². The average molecular weight is 862 g/mol. The van der Waals surface area contributed by atoms with E-state index in [1.165, 1.54) is 9.21 Å². The quantitative estimate of drug-likeness (QED) is 0.254. The van der Waals surface area contributed by atoms with Crippen LogP contribution in [0.25, 0.3) is 22.2 Å². The van der Waals surface area contributed by atoms with Gasteiger partial charge in [-0.15, -0.1) is 0 Å². The first-order chi connectivity index (χ1) is 28.9. The van der Waals surface area contributed by atoms with Gasteiger partial charge >= 0.3 is 0 Å². The topological polar surface area (TPSA) is 164 Å². The molecule has 5 unspecified atom stereocenters. The number of benzene rings is 2. The molecule has 3 aromatic rings. The van der Waals surface area contributed by atoms with E-state index in [2.05, 4.69) is 6.08 Å². The summed E-state index contributed by atoms with van der Waals surface area (Å²) in [6, 6.07) is 15.4. The van der Waals surface area contributed by atoms with Gasteiger partial charge in [0, 0.05) is 73.9 Å². The molecular weight excluding hydrogens is 807 g/mol. The molecule has 2 saturated carbocycles. The summed E-state index contributed by atoms with van der Waals surface area (Å²) in [7, 11) is -5.80. The number of amides is 3. The molecule has 16 heteroatoms. The predicted octanol–water partition coefficient (Wildman–Crippen LogP) is 4.99. The number of rotatable bonds is 10. The zero-order valence-electron chi connectivity index (χ0n) is 34.4. The van der Waals surface area contributed by atoms with Gasteiger partial charge in [0.2, 0.25) is 31.9 Å². The van der Waals surface area contributed by atoms with Crippen LogP contribution >= 0.6 is 0 Å². The van der Waals surface area contributed by atoms with Crippen LogP contribution in [0, 0.1) is 11.8 Å². The minimum atomic E-state index is -3.98. The summed E-state index contributed by atoms with van der Waals surface area (Å²) in [6.45, 7) is 2.42. The number of aromatic nitrogens is 1. The highest BCUT2D eigenvalue weighted by atomic mass is 32.2. The fourth-order valence-corrected chi connectivity index (χ4v) is 12.0. The summed E-state index contributed by atoms with van der Waals surface area (Å²) in [4.78, 5) is 52.0. The molecule has 60 heavy (non-hydrogen) atoms. The van der Waals surface area contributed by atoms with Crippen molar-refractivity contribution < 1.29 is 40.7 Å². The third-order valence-electron chi connectivity index (χ3n) is 12.6. The summed E-state index contributed by atoms with van der Waals surface area (Å²) in [5, 5.41) is 0.0829. The molecule has 5 aliphatic rings. The van der Waals surface area contributed by atoms with Gasteiger partial charge < -0.3 is 19.3 Å². The van der Waals surface area contributed by atoms with Crippen LogP contribution < -0.4 is 9.47 Å². The number of methoxy groups -OCH3 is 1. The van der Waals surface area contributed by atoms with Crippen molar-refractivity contribution in [2.24, 2.45) is 11.8 Å². The lowest BCUT2D eigenvalue weighted by atomic mass is 9.94. The molecule has 4 fully saturated rings. The Bertz CT molecular complexity index is 2350. The number of pyridine rings is 1. The van der Waals surface area contributed by atoms with E-state index < -0.39 is 55.3 Å². The monoisotopic (exact) mass is 861 g/mol. The number of sulfonamides is 2. The van der Waals surface area contributed by atoms with Gasteiger partial charge in [-0.3, -0.25) is 14.4 Å². The molecule has 322 valence electrons. The smallest absolute Gasteiger partial charge is 0.259 e. The Hall–Kier alpha value is -4.54. The molecule has 2 aromatic carbocycles. The van der Waals surface area contributed by atoms with Crippen LogP contribution in [-0.4, -0.2) is 127 Å². The molecule has 2 saturated heterocycles. The summed E-state index contributed by atoms with van der Waals surface area (Å²) >= 11 is 0. The van der Waals surface area contributed by atoms with E-state index in [-0.39, 0.29) is 69.1 Å². The SMILES string of the molecule is CCS(=O)(=O)N1CCN(C(=O)CC2CCCCCC=CC3CC3N(S(=O)(=O)C3CC3)C(=O)C3CC(Oc4cc(-c5ccccc5)nc5cc(OC)ccc45)CN3C2=O)CC1. The number of nitrogens with zero attached hydrogens (tertiary/aromatic N) is 5. The van der Waals surface area contributed by atoms with Gasteiger partial charge in [0.25, 0.3) is 5.91 Å². The number of carbonyl (C=O) groups excluding carboxylic acids is 3. The fourth-order valence-electron chi connectivity index (χ4n) is 8.91. The standard InChI is InChI=1S/C44H55N5O9S2/c1-3-59(53,54)47-22-20-46(21-23-47)42(50)25-32-15-9-6-4-5-8-14-31-24-39(31)49(60(55,56)35-17-18-35)44(52)40-27-34(29-48(40)43(32)51)58-41-28-37(30-12-10-7-11-13-30)45-38-26-33(57-2)16-19-36(38)41/h7-8,10-14,16,19,26,28,31-32,34-35,39-40H,3-6,9,15,17-18,20-25,27,29H2,1-2H3. The Kier molecular flexibility index (Phi) is 12.3. The third kappa shape index (κ3) is 8.92. The van der Waals surface area contributed by atoms with Crippen molar-refractivity contribution in [3.63, 3.8) is 0 Å². The molecule has 0 spiro atoms. The molecule has 14 nitrogen and oxygen atoms in total. The fraction of sp³-hybridized carbons (Fsp3) is 0.545. The zero-order chi connectivity index (χ0) is 42.2. The van der Waals surface area contributed by atoms with Crippen LogP contribution in [0.3, 0.4) is 0 Å². The molecule has 0 bridgehead atoms. The first kappa shape index (κ1) is 42.2. The van der Waals surface area contributed by atoms with Gasteiger partial charge in [-0.1, -0.05) is 55.3 Å². The molecule has 1 aromatic heterocycles. The Morgan fingerprint density at radius 3 is 2.37 bits per heavy atom. The van der Waals surface area contributed by atoms with E-state index in [9.17, 15) is 26.4 Å². The molecule has 0 radical (unpaired) electrons. The average Bonchev–Trinajstić information content (AvgIpc) is 4.20. The number of hydrogen-bond donors (Lipinski definition) is 0. The molecule has 3 aliphatic heterocycles. The lowest BCUT2D eigenvalue weighted by Crippen LogP contribution is -2.53. The van der Waals surface area contributed by atoms with E-state index in [1.807, 2.05) is 60.7 Å². The van der Waals surface area contributed by atoms with Gasteiger partial charge in [0.05, 0.1) is 41.9 Å². The van der Waals surface area contributed by atoms with Gasteiger partial charge in [-0.2, -0.15) is 4.31 Å². The van der Waals surface area contributed by atoms with Crippen molar-refractivity contribution in [3.8, 4) is 22.8 Å². The van der Waals surface area contributed by atoms with Gasteiger partial charge in [-0.25, -0.2) is 26.1 Å². The van der Waals surface area contributed by atoms with E-state index in [0.717, 1.165) is 29.1 Å². The van der Waals surface area contributed by atoms with Crippen molar-refractivity contribution >= 4 is 48.7 Å². The second-order valence-corrected chi connectivity index (χ2v) is 21.1. The highest BCUT2D eigenvalue weighted by Crippen LogP contribution is 2.44. The van der Waals surface area contributed by atoms with Crippen LogP contribution in [0.1, 0.15) is 71.1 Å². The second kappa shape index (κ2) is 17.4.